The van der Waals surface area contributed by atoms with Crippen molar-refractivity contribution in [3.63, 3.8) is 0 Å². The van der Waals surface area contributed by atoms with Crippen molar-refractivity contribution in [1.29, 1.82) is 0 Å². The number of carbonyl (C=O) groups is 1. The van der Waals surface area contributed by atoms with E-state index in [1.807, 2.05) is 0 Å². The van der Waals surface area contributed by atoms with Crippen LogP contribution in [0.15, 0.2) is 41.3 Å². The van der Waals surface area contributed by atoms with E-state index in [-0.39, 0.29) is 16.5 Å². The molecule has 0 saturated heterocycles. The van der Waals surface area contributed by atoms with Crippen LogP contribution in [0.2, 0.25) is 5.02 Å². The van der Waals surface area contributed by atoms with Gasteiger partial charge in [-0.05, 0) is 55.8 Å². The van der Waals surface area contributed by atoms with E-state index < -0.39 is 16.0 Å². The molecule has 2 aromatic rings. The maximum Gasteiger partial charge on any atom is 0.338 e. The fourth-order valence-corrected chi connectivity index (χ4v) is 4.05. The molecular formula is C18H20ClNO5S. The van der Waals surface area contributed by atoms with Crippen LogP contribution < -0.4 is 9.04 Å². The Kier molecular flexibility index (Phi) is 6.15. The molecule has 0 amide bonds. The van der Waals surface area contributed by atoms with E-state index in [4.69, 9.17) is 21.1 Å². The minimum atomic E-state index is -3.83. The second kappa shape index (κ2) is 7.97. The molecular weight excluding hydrogens is 378 g/mol. The number of anilines is 1. The molecule has 0 radical (unpaired) electrons. The molecule has 0 bridgehead atoms. The standard InChI is InChI=1S/C18H20ClNO5S/c1-5-25-18(21)13-6-8-16(12(2)10-13)20(3)26(22,23)14-7-9-17(24-4)15(19)11-14/h6-11H,5H2,1-4H3. The van der Waals surface area contributed by atoms with Gasteiger partial charge in [-0.25, -0.2) is 13.2 Å². The number of esters is 1. The average Bonchev–Trinajstić information content (AvgIpc) is 2.61. The quantitative estimate of drug-likeness (QED) is 0.695. The Balaban J connectivity index is 2.39. The highest BCUT2D eigenvalue weighted by Gasteiger charge is 2.24. The predicted octanol–water partition coefficient (Wildman–Crippen LogP) is 3.66. The summed E-state index contributed by atoms with van der Waals surface area (Å²) < 4.78 is 36.9. The summed E-state index contributed by atoms with van der Waals surface area (Å²) in [4.78, 5) is 11.9. The van der Waals surface area contributed by atoms with Crippen LogP contribution in [0.25, 0.3) is 0 Å². The molecule has 8 heteroatoms. The number of benzene rings is 2. The Bertz CT molecular complexity index is 927. The molecule has 2 rings (SSSR count). The molecule has 0 unspecified atom stereocenters. The van der Waals surface area contributed by atoms with Crippen LogP contribution in [0.3, 0.4) is 0 Å². The second-order valence-corrected chi connectivity index (χ2v) is 7.87. The van der Waals surface area contributed by atoms with Crippen LogP contribution in [-0.4, -0.2) is 35.2 Å². The number of rotatable bonds is 6. The fraction of sp³-hybridized carbons (Fsp3) is 0.278. The van der Waals surface area contributed by atoms with Crippen molar-refractivity contribution in [3.8, 4) is 5.75 Å². The van der Waals surface area contributed by atoms with Gasteiger partial charge in [0, 0.05) is 7.05 Å². The Hall–Kier alpha value is -2.25. The number of carbonyl (C=O) groups excluding carboxylic acids is 1. The Labute approximate surface area is 158 Å². The first-order valence-electron chi connectivity index (χ1n) is 7.82. The van der Waals surface area contributed by atoms with Gasteiger partial charge in [-0.15, -0.1) is 0 Å². The summed E-state index contributed by atoms with van der Waals surface area (Å²) in [6.07, 6.45) is 0. The SMILES string of the molecule is CCOC(=O)c1ccc(N(C)S(=O)(=O)c2ccc(OC)c(Cl)c2)c(C)c1. The normalized spacial score (nSPS) is 11.1. The lowest BCUT2D eigenvalue weighted by molar-refractivity contribution is 0.0526. The monoisotopic (exact) mass is 397 g/mol. The maximum absolute atomic E-state index is 12.9. The van der Waals surface area contributed by atoms with Gasteiger partial charge in [-0.2, -0.15) is 0 Å². The van der Waals surface area contributed by atoms with E-state index in [1.54, 1.807) is 26.0 Å². The largest absolute Gasteiger partial charge is 0.495 e. The number of aryl methyl sites for hydroxylation is 1. The number of ether oxygens (including phenoxy) is 2. The molecule has 0 fully saturated rings. The molecule has 26 heavy (non-hydrogen) atoms. The molecule has 0 heterocycles. The minimum Gasteiger partial charge on any atom is -0.495 e. The third-order valence-electron chi connectivity index (χ3n) is 3.83. The lowest BCUT2D eigenvalue weighted by atomic mass is 10.1. The third-order valence-corrected chi connectivity index (χ3v) is 5.89. The van der Waals surface area contributed by atoms with E-state index in [2.05, 4.69) is 0 Å². The molecule has 0 aliphatic carbocycles. The zero-order valence-electron chi connectivity index (χ0n) is 14.9. The second-order valence-electron chi connectivity index (χ2n) is 5.49. The highest BCUT2D eigenvalue weighted by Crippen LogP contribution is 2.31. The van der Waals surface area contributed by atoms with Crippen molar-refractivity contribution in [2.45, 2.75) is 18.7 Å². The molecule has 2 aromatic carbocycles. The summed E-state index contributed by atoms with van der Waals surface area (Å²) >= 11 is 6.04. The summed E-state index contributed by atoms with van der Waals surface area (Å²) in [6.45, 7) is 3.72. The van der Waals surface area contributed by atoms with Gasteiger partial charge < -0.3 is 9.47 Å². The lowest BCUT2D eigenvalue weighted by Gasteiger charge is -2.22. The minimum absolute atomic E-state index is 0.0414. The van der Waals surface area contributed by atoms with Gasteiger partial charge in [-0.3, -0.25) is 4.31 Å². The van der Waals surface area contributed by atoms with Crippen LogP contribution >= 0.6 is 11.6 Å². The zero-order valence-corrected chi connectivity index (χ0v) is 16.5. The summed E-state index contributed by atoms with van der Waals surface area (Å²) in [7, 11) is -0.930. The van der Waals surface area contributed by atoms with Crippen LogP contribution in [0.1, 0.15) is 22.8 Å². The molecule has 0 spiro atoms. The number of nitrogens with zero attached hydrogens (tertiary/aromatic N) is 1. The van der Waals surface area contributed by atoms with Gasteiger partial charge in [0.15, 0.2) is 0 Å². The van der Waals surface area contributed by atoms with Crippen molar-refractivity contribution < 1.29 is 22.7 Å². The summed E-state index contributed by atoms with van der Waals surface area (Å²) in [5.74, 6) is -0.0576. The molecule has 6 nitrogen and oxygen atoms in total. The van der Waals surface area contributed by atoms with Crippen molar-refractivity contribution in [1.82, 2.24) is 0 Å². The van der Waals surface area contributed by atoms with Crippen LogP contribution in [-0.2, 0) is 14.8 Å². The Morgan fingerprint density at radius 3 is 2.42 bits per heavy atom. The molecule has 0 N–H and O–H groups in total. The van der Waals surface area contributed by atoms with Gasteiger partial charge in [0.1, 0.15) is 5.75 Å². The van der Waals surface area contributed by atoms with Gasteiger partial charge >= 0.3 is 5.97 Å². The van der Waals surface area contributed by atoms with Gasteiger partial charge in [-0.1, -0.05) is 11.6 Å². The highest BCUT2D eigenvalue weighted by molar-refractivity contribution is 7.92. The van der Waals surface area contributed by atoms with Crippen LogP contribution in [0.4, 0.5) is 5.69 Å². The lowest BCUT2D eigenvalue weighted by Crippen LogP contribution is -2.27. The third kappa shape index (κ3) is 3.94. The van der Waals surface area contributed by atoms with Crippen molar-refractivity contribution in [2.75, 3.05) is 25.1 Å². The Morgan fingerprint density at radius 1 is 1.19 bits per heavy atom. The number of hydrogen-bond acceptors (Lipinski definition) is 5. The molecule has 140 valence electrons. The fourth-order valence-electron chi connectivity index (χ4n) is 2.45. The molecule has 0 aliphatic rings. The smallest absolute Gasteiger partial charge is 0.338 e. The first-order valence-corrected chi connectivity index (χ1v) is 9.64. The van der Waals surface area contributed by atoms with Crippen molar-refractivity contribution >= 4 is 33.3 Å². The predicted molar refractivity (Wildman–Crippen MR) is 101 cm³/mol. The topological polar surface area (TPSA) is 72.9 Å². The maximum atomic E-state index is 12.9. The van der Waals surface area contributed by atoms with E-state index in [0.717, 1.165) is 4.31 Å². The molecule has 0 saturated carbocycles. The first kappa shape index (κ1) is 20.1. The first-order chi connectivity index (χ1) is 12.2. The Morgan fingerprint density at radius 2 is 1.88 bits per heavy atom. The van der Waals surface area contributed by atoms with Gasteiger partial charge in [0.2, 0.25) is 0 Å². The van der Waals surface area contributed by atoms with Crippen molar-refractivity contribution in [3.05, 3.63) is 52.5 Å². The number of halogens is 1. The summed E-state index contributed by atoms with van der Waals surface area (Å²) in [6, 6.07) is 8.98. The molecule has 0 atom stereocenters. The summed E-state index contributed by atoms with van der Waals surface area (Å²) in [5, 5.41) is 0.205. The van der Waals surface area contributed by atoms with E-state index in [9.17, 15) is 13.2 Å². The van der Waals surface area contributed by atoms with E-state index >= 15 is 0 Å². The van der Waals surface area contributed by atoms with E-state index in [0.29, 0.717) is 22.6 Å². The molecule has 0 aromatic heterocycles. The van der Waals surface area contributed by atoms with Gasteiger partial charge in [0.05, 0.1) is 34.9 Å². The van der Waals surface area contributed by atoms with E-state index in [1.165, 1.54) is 38.4 Å². The van der Waals surface area contributed by atoms with Crippen molar-refractivity contribution in [2.24, 2.45) is 0 Å². The van der Waals surface area contributed by atoms with Gasteiger partial charge in [0.25, 0.3) is 10.0 Å². The van der Waals surface area contributed by atoms with Crippen LogP contribution in [0.5, 0.6) is 5.75 Å². The molecule has 0 aliphatic heterocycles. The average molecular weight is 398 g/mol. The number of hydrogen-bond donors (Lipinski definition) is 0. The number of sulfonamides is 1. The summed E-state index contributed by atoms with van der Waals surface area (Å²) in [5.41, 5.74) is 1.44. The van der Waals surface area contributed by atoms with Crippen LogP contribution in [0, 0.1) is 6.92 Å². The highest BCUT2D eigenvalue weighted by atomic mass is 35.5. The number of methoxy groups -OCH3 is 1. The zero-order chi connectivity index (χ0) is 19.5.